The normalized spacial score (nSPS) is 16.8. The van der Waals surface area contributed by atoms with Crippen molar-refractivity contribution in [3.8, 4) is 5.75 Å². The minimum absolute atomic E-state index is 0.239. The predicted octanol–water partition coefficient (Wildman–Crippen LogP) is 4.87. The second-order valence-corrected chi connectivity index (χ2v) is 6.83. The van der Waals surface area contributed by atoms with Crippen molar-refractivity contribution in [2.24, 2.45) is 7.05 Å². The SMILES string of the molecule is CCc1nn(C)cc1NC(C)c1ccc(OC2CCCCC2)cc1. The lowest BCUT2D eigenvalue weighted by molar-refractivity contribution is 0.155. The van der Waals surface area contributed by atoms with Crippen LogP contribution in [-0.4, -0.2) is 15.9 Å². The Morgan fingerprint density at radius 1 is 1.21 bits per heavy atom. The fourth-order valence-electron chi connectivity index (χ4n) is 3.44. The van der Waals surface area contributed by atoms with E-state index in [2.05, 4.69) is 54.7 Å². The fraction of sp³-hybridized carbons (Fsp3) is 0.550. The highest BCUT2D eigenvalue weighted by atomic mass is 16.5. The zero-order valence-electron chi connectivity index (χ0n) is 15.1. The van der Waals surface area contributed by atoms with Gasteiger partial charge in [0, 0.05) is 19.3 Å². The van der Waals surface area contributed by atoms with Gasteiger partial charge in [0.15, 0.2) is 0 Å². The molecule has 1 N–H and O–H groups in total. The summed E-state index contributed by atoms with van der Waals surface area (Å²) in [6.07, 6.45) is 9.74. The van der Waals surface area contributed by atoms with Crippen molar-refractivity contribution >= 4 is 5.69 Å². The van der Waals surface area contributed by atoms with E-state index in [1.165, 1.54) is 37.7 Å². The topological polar surface area (TPSA) is 39.1 Å². The molecule has 1 atom stereocenters. The third kappa shape index (κ3) is 4.11. The third-order valence-corrected chi connectivity index (χ3v) is 4.85. The molecule has 1 unspecified atom stereocenters. The molecule has 4 nitrogen and oxygen atoms in total. The quantitative estimate of drug-likeness (QED) is 0.823. The van der Waals surface area contributed by atoms with Crippen LogP contribution in [0.3, 0.4) is 0 Å². The van der Waals surface area contributed by atoms with Gasteiger partial charge in [-0.05, 0) is 56.7 Å². The number of nitrogens with zero attached hydrogens (tertiary/aromatic N) is 2. The first-order chi connectivity index (χ1) is 11.7. The summed E-state index contributed by atoms with van der Waals surface area (Å²) in [5.74, 6) is 0.994. The van der Waals surface area contributed by atoms with Gasteiger partial charge in [-0.1, -0.05) is 25.5 Å². The number of ether oxygens (including phenoxy) is 1. The highest BCUT2D eigenvalue weighted by Gasteiger charge is 2.15. The molecule has 0 amide bonds. The molecular weight excluding hydrogens is 298 g/mol. The van der Waals surface area contributed by atoms with E-state index in [4.69, 9.17) is 4.74 Å². The Morgan fingerprint density at radius 2 is 1.92 bits per heavy atom. The van der Waals surface area contributed by atoms with Gasteiger partial charge in [-0.2, -0.15) is 5.10 Å². The molecule has 0 saturated heterocycles. The molecule has 1 fully saturated rings. The van der Waals surface area contributed by atoms with Crippen molar-refractivity contribution in [3.63, 3.8) is 0 Å². The molecule has 1 aliphatic carbocycles. The molecule has 24 heavy (non-hydrogen) atoms. The molecule has 0 bridgehead atoms. The summed E-state index contributed by atoms with van der Waals surface area (Å²) in [5.41, 5.74) is 3.49. The fourth-order valence-corrected chi connectivity index (χ4v) is 3.44. The Labute approximate surface area is 145 Å². The van der Waals surface area contributed by atoms with Crippen molar-refractivity contribution in [3.05, 3.63) is 41.7 Å². The lowest BCUT2D eigenvalue weighted by atomic mass is 9.98. The largest absolute Gasteiger partial charge is 0.490 e. The maximum absolute atomic E-state index is 6.11. The molecule has 3 rings (SSSR count). The summed E-state index contributed by atoms with van der Waals surface area (Å²) in [6.45, 7) is 4.32. The van der Waals surface area contributed by atoms with Gasteiger partial charge >= 0.3 is 0 Å². The maximum atomic E-state index is 6.11. The smallest absolute Gasteiger partial charge is 0.119 e. The lowest BCUT2D eigenvalue weighted by Gasteiger charge is -2.23. The van der Waals surface area contributed by atoms with Crippen molar-refractivity contribution in [2.45, 2.75) is 64.5 Å². The van der Waals surface area contributed by atoms with Crippen LogP contribution in [0.2, 0.25) is 0 Å². The molecule has 0 spiro atoms. The second-order valence-electron chi connectivity index (χ2n) is 6.83. The summed E-state index contributed by atoms with van der Waals surface area (Å²) >= 11 is 0. The first-order valence-electron chi connectivity index (χ1n) is 9.21. The molecule has 0 radical (unpaired) electrons. The van der Waals surface area contributed by atoms with Gasteiger partial charge in [0.2, 0.25) is 0 Å². The summed E-state index contributed by atoms with van der Waals surface area (Å²) in [6, 6.07) is 8.77. The summed E-state index contributed by atoms with van der Waals surface area (Å²) in [5, 5.41) is 8.06. The number of hydrogen-bond acceptors (Lipinski definition) is 3. The van der Waals surface area contributed by atoms with Crippen LogP contribution in [0, 0.1) is 0 Å². The van der Waals surface area contributed by atoms with Gasteiger partial charge in [-0.25, -0.2) is 0 Å². The van der Waals surface area contributed by atoms with E-state index in [9.17, 15) is 0 Å². The minimum Gasteiger partial charge on any atom is -0.490 e. The Kier molecular flexibility index (Phi) is 5.44. The zero-order valence-corrected chi connectivity index (χ0v) is 15.1. The minimum atomic E-state index is 0.239. The molecule has 0 aliphatic heterocycles. The molecule has 1 aromatic carbocycles. The van der Waals surface area contributed by atoms with Crippen LogP contribution in [0.25, 0.3) is 0 Å². The first-order valence-corrected chi connectivity index (χ1v) is 9.21. The van der Waals surface area contributed by atoms with Crippen LogP contribution in [0.15, 0.2) is 30.5 Å². The van der Waals surface area contributed by atoms with E-state index >= 15 is 0 Å². The van der Waals surface area contributed by atoms with Gasteiger partial charge in [-0.15, -0.1) is 0 Å². The molecular formula is C20H29N3O. The van der Waals surface area contributed by atoms with Gasteiger partial charge in [0.05, 0.1) is 17.5 Å². The first kappa shape index (κ1) is 16.9. The Bertz CT molecular complexity index is 641. The van der Waals surface area contributed by atoms with E-state index < -0.39 is 0 Å². The van der Waals surface area contributed by atoms with Crippen molar-refractivity contribution in [1.82, 2.24) is 9.78 Å². The number of anilines is 1. The van der Waals surface area contributed by atoms with E-state index in [0.717, 1.165) is 23.6 Å². The van der Waals surface area contributed by atoms with Crippen LogP contribution in [0.1, 0.15) is 63.3 Å². The number of aryl methyl sites for hydroxylation is 2. The van der Waals surface area contributed by atoms with Crippen LogP contribution in [-0.2, 0) is 13.5 Å². The van der Waals surface area contributed by atoms with Gasteiger partial charge in [-0.3, -0.25) is 4.68 Å². The Balaban J connectivity index is 1.61. The van der Waals surface area contributed by atoms with Crippen molar-refractivity contribution in [2.75, 3.05) is 5.32 Å². The third-order valence-electron chi connectivity index (χ3n) is 4.85. The maximum Gasteiger partial charge on any atom is 0.119 e. The number of hydrogen-bond donors (Lipinski definition) is 1. The number of nitrogens with one attached hydrogen (secondary N) is 1. The van der Waals surface area contributed by atoms with Gasteiger partial charge < -0.3 is 10.1 Å². The predicted molar refractivity (Wildman–Crippen MR) is 98.6 cm³/mol. The average molecular weight is 327 g/mol. The summed E-state index contributed by atoms with van der Waals surface area (Å²) in [7, 11) is 1.96. The molecule has 2 aromatic rings. The zero-order chi connectivity index (χ0) is 16.9. The summed E-state index contributed by atoms with van der Waals surface area (Å²) in [4.78, 5) is 0. The van der Waals surface area contributed by atoms with Crippen molar-refractivity contribution < 1.29 is 4.74 Å². The number of aromatic nitrogens is 2. The highest BCUT2D eigenvalue weighted by molar-refractivity contribution is 5.48. The van der Waals surface area contributed by atoms with E-state index in [0.29, 0.717) is 6.10 Å². The second kappa shape index (κ2) is 7.73. The number of benzene rings is 1. The summed E-state index contributed by atoms with van der Waals surface area (Å²) < 4.78 is 7.98. The average Bonchev–Trinajstić information content (AvgIpc) is 2.96. The van der Waals surface area contributed by atoms with E-state index in [1.54, 1.807) is 0 Å². The van der Waals surface area contributed by atoms with Crippen LogP contribution in [0.5, 0.6) is 5.75 Å². The van der Waals surface area contributed by atoms with Crippen molar-refractivity contribution in [1.29, 1.82) is 0 Å². The Hall–Kier alpha value is -1.97. The standard InChI is InChI=1S/C20H29N3O/c1-4-19-20(14-23(3)22-19)21-15(2)16-10-12-18(13-11-16)24-17-8-6-5-7-9-17/h10-15,17,21H,4-9H2,1-3H3. The van der Waals surface area contributed by atoms with Crippen LogP contribution in [0.4, 0.5) is 5.69 Å². The molecule has 4 heteroatoms. The van der Waals surface area contributed by atoms with Crippen LogP contribution < -0.4 is 10.1 Å². The van der Waals surface area contributed by atoms with E-state index in [-0.39, 0.29) is 6.04 Å². The Morgan fingerprint density at radius 3 is 2.58 bits per heavy atom. The molecule has 1 aliphatic rings. The monoisotopic (exact) mass is 327 g/mol. The number of rotatable bonds is 6. The van der Waals surface area contributed by atoms with E-state index in [1.807, 2.05) is 11.7 Å². The lowest BCUT2D eigenvalue weighted by Crippen LogP contribution is -2.19. The molecule has 1 heterocycles. The molecule has 1 saturated carbocycles. The van der Waals surface area contributed by atoms with Gasteiger partial charge in [0.1, 0.15) is 5.75 Å². The van der Waals surface area contributed by atoms with Gasteiger partial charge in [0.25, 0.3) is 0 Å². The highest BCUT2D eigenvalue weighted by Crippen LogP contribution is 2.26. The molecule has 1 aromatic heterocycles. The molecule has 130 valence electrons. The van der Waals surface area contributed by atoms with Crippen LogP contribution >= 0.6 is 0 Å².